The van der Waals surface area contributed by atoms with Crippen LogP contribution >= 0.6 is 22.9 Å². The zero-order chi connectivity index (χ0) is 15.4. The number of hydrogen-bond donors (Lipinski definition) is 1. The number of nitrogens with zero attached hydrogens (tertiary/aromatic N) is 1. The predicted molar refractivity (Wildman–Crippen MR) is 85.8 cm³/mol. The van der Waals surface area contributed by atoms with Gasteiger partial charge in [0.05, 0.1) is 11.4 Å². The molecule has 1 N–H and O–H groups in total. The van der Waals surface area contributed by atoms with Gasteiger partial charge in [-0.2, -0.15) is 0 Å². The van der Waals surface area contributed by atoms with Crippen molar-refractivity contribution in [1.82, 2.24) is 10.2 Å². The van der Waals surface area contributed by atoms with E-state index in [-0.39, 0.29) is 18.4 Å². The van der Waals surface area contributed by atoms with Crippen molar-refractivity contribution in [3.05, 3.63) is 46.3 Å². The van der Waals surface area contributed by atoms with Gasteiger partial charge < -0.3 is 10.2 Å². The van der Waals surface area contributed by atoms with Crippen LogP contribution in [0.3, 0.4) is 0 Å². The average Bonchev–Trinajstić information content (AvgIpc) is 2.94. The number of likely N-dealkylation sites (N-methyl/N-ethyl adjacent to an activating group) is 1. The van der Waals surface area contributed by atoms with Gasteiger partial charge in [0.2, 0.25) is 5.91 Å². The summed E-state index contributed by atoms with van der Waals surface area (Å²) in [5.74, 6) is -0.381. The third-order valence-corrected chi connectivity index (χ3v) is 4.24. The Morgan fingerprint density at radius 1 is 1.14 bits per heavy atom. The normalized spacial score (nSPS) is 10.2. The minimum Gasteiger partial charge on any atom is -0.347 e. The molecule has 2 aromatic rings. The molecule has 0 fully saturated rings. The number of thiophene rings is 1. The smallest absolute Gasteiger partial charge is 0.261 e. The van der Waals surface area contributed by atoms with E-state index in [1.807, 2.05) is 30.3 Å². The Hall–Kier alpha value is -1.85. The van der Waals surface area contributed by atoms with Crippen LogP contribution in [-0.2, 0) is 4.79 Å². The van der Waals surface area contributed by atoms with Crippen molar-refractivity contribution in [2.45, 2.75) is 0 Å². The molecule has 110 valence electrons. The van der Waals surface area contributed by atoms with Gasteiger partial charge >= 0.3 is 0 Å². The monoisotopic (exact) mass is 322 g/mol. The number of carbonyl (C=O) groups excluding carboxylic acids is 2. The van der Waals surface area contributed by atoms with Crippen molar-refractivity contribution in [3.8, 4) is 10.4 Å². The summed E-state index contributed by atoms with van der Waals surface area (Å²) in [6.45, 7) is 0.0000115. The Bertz CT molecular complexity index is 650. The van der Waals surface area contributed by atoms with Crippen LogP contribution in [0, 0.1) is 0 Å². The lowest BCUT2D eigenvalue weighted by atomic mass is 10.2. The number of hydrogen-bond acceptors (Lipinski definition) is 3. The molecule has 0 saturated heterocycles. The standard InChI is InChI=1S/C15H15ClN2O2S/c1-18(2)14(19)9-17-15(20)13-8-7-12(21-13)10-3-5-11(16)6-4-10/h3-8H,9H2,1-2H3,(H,17,20). The van der Waals surface area contributed by atoms with Crippen LogP contribution in [0.5, 0.6) is 0 Å². The molecule has 0 aliphatic rings. The molecule has 0 aliphatic heterocycles. The molecule has 0 radical (unpaired) electrons. The zero-order valence-corrected chi connectivity index (χ0v) is 13.3. The molecule has 2 amide bonds. The molecule has 1 aromatic carbocycles. The van der Waals surface area contributed by atoms with Crippen LogP contribution in [0.15, 0.2) is 36.4 Å². The third kappa shape index (κ3) is 4.06. The minimum atomic E-state index is -0.240. The molecule has 0 unspecified atom stereocenters. The quantitative estimate of drug-likeness (QED) is 0.941. The lowest BCUT2D eigenvalue weighted by Crippen LogP contribution is -2.35. The van der Waals surface area contributed by atoms with Crippen molar-refractivity contribution in [2.75, 3.05) is 20.6 Å². The van der Waals surface area contributed by atoms with Gasteiger partial charge in [-0.15, -0.1) is 11.3 Å². The molecular formula is C15H15ClN2O2S. The summed E-state index contributed by atoms with van der Waals surface area (Å²) >= 11 is 7.23. The predicted octanol–water partition coefficient (Wildman–Crippen LogP) is 2.89. The molecule has 0 spiro atoms. The summed E-state index contributed by atoms with van der Waals surface area (Å²) in [7, 11) is 3.30. The number of nitrogens with one attached hydrogen (secondary N) is 1. The first kappa shape index (κ1) is 15.5. The highest BCUT2D eigenvalue weighted by Crippen LogP contribution is 2.28. The maximum absolute atomic E-state index is 12.0. The van der Waals surface area contributed by atoms with Gasteiger partial charge in [0.25, 0.3) is 5.91 Å². The van der Waals surface area contributed by atoms with Gasteiger partial charge in [0, 0.05) is 24.0 Å². The highest BCUT2D eigenvalue weighted by Gasteiger charge is 2.12. The van der Waals surface area contributed by atoms with Gasteiger partial charge in [-0.3, -0.25) is 9.59 Å². The van der Waals surface area contributed by atoms with E-state index in [0.29, 0.717) is 9.90 Å². The van der Waals surface area contributed by atoms with Gasteiger partial charge in [0.15, 0.2) is 0 Å². The molecule has 1 aromatic heterocycles. The van der Waals surface area contributed by atoms with E-state index in [9.17, 15) is 9.59 Å². The van der Waals surface area contributed by atoms with E-state index in [4.69, 9.17) is 11.6 Å². The van der Waals surface area contributed by atoms with E-state index in [1.54, 1.807) is 20.2 Å². The first-order valence-corrected chi connectivity index (χ1v) is 7.51. The zero-order valence-electron chi connectivity index (χ0n) is 11.7. The first-order valence-electron chi connectivity index (χ1n) is 6.31. The molecule has 0 saturated carbocycles. The highest BCUT2D eigenvalue weighted by molar-refractivity contribution is 7.17. The highest BCUT2D eigenvalue weighted by atomic mass is 35.5. The second-order valence-electron chi connectivity index (χ2n) is 4.64. The van der Waals surface area contributed by atoms with Crippen molar-refractivity contribution < 1.29 is 9.59 Å². The largest absolute Gasteiger partial charge is 0.347 e. The lowest BCUT2D eigenvalue weighted by Gasteiger charge is -2.10. The minimum absolute atomic E-state index is 0.0000115. The number of carbonyl (C=O) groups is 2. The van der Waals surface area contributed by atoms with E-state index in [2.05, 4.69) is 5.32 Å². The average molecular weight is 323 g/mol. The maximum atomic E-state index is 12.0. The Morgan fingerprint density at radius 2 is 1.81 bits per heavy atom. The molecule has 0 atom stereocenters. The van der Waals surface area contributed by atoms with E-state index >= 15 is 0 Å². The van der Waals surface area contributed by atoms with E-state index in [0.717, 1.165) is 10.4 Å². The van der Waals surface area contributed by atoms with Gasteiger partial charge in [-0.25, -0.2) is 0 Å². The molecular weight excluding hydrogens is 308 g/mol. The summed E-state index contributed by atoms with van der Waals surface area (Å²) in [4.78, 5) is 26.4. The molecule has 0 aliphatic carbocycles. The Balaban J connectivity index is 2.04. The number of amides is 2. The van der Waals surface area contributed by atoms with E-state index in [1.165, 1.54) is 16.2 Å². The summed E-state index contributed by atoms with van der Waals surface area (Å²) < 4.78 is 0. The van der Waals surface area contributed by atoms with Crippen molar-refractivity contribution in [1.29, 1.82) is 0 Å². The van der Waals surface area contributed by atoms with Crippen molar-refractivity contribution >= 4 is 34.8 Å². The maximum Gasteiger partial charge on any atom is 0.261 e. The first-order chi connectivity index (χ1) is 9.97. The SMILES string of the molecule is CN(C)C(=O)CNC(=O)c1ccc(-c2ccc(Cl)cc2)s1. The Morgan fingerprint density at radius 3 is 2.43 bits per heavy atom. The lowest BCUT2D eigenvalue weighted by molar-refractivity contribution is -0.127. The second kappa shape index (κ2) is 6.74. The van der Waals surface area contributed by atoms with Crippen molar-refractivity contribution in [3.63, 3.8) is 0 Å². The van der Waals surface area contributed by atoms with Crippen LogP contribution in [0.4, 0.5) is 0 Å². The van der Waals surface area contributed by atoms with Gasteiger partial charge in [-0.05, 0) is 29.8 Å². The van der Waals surface area contributed by atoms with Crippen molar-refractivity contribution in [2.24, 2.45) is 0 Å². The number of halogens is 1. The molecule has 1 heterocycles. The van der Waals surface area contributed by atoms with Crippen LogP contribution in [0.2, 0.25) is 5.02 Å². The summed E-state index contributed by atoms with van der Waals surface area (Å²) in [6, 6.07) is 11.1. The van der Waals surface area contributed by atoms with Crippen LogP contribution in [0.25, 0.3) is 10.4 Å². The molecule has 0 bridgehead atoms. The van der Waals surface area contributed by atoms with Crippen LogP contribution < -0.4 is 5.32 Å². The molecule has 2 rings (SSSR count). The molecule has 21 heavy (non-hydrogen) atoms. The Kier molecular flexibility index (Phi) is 4.98. The number of benzene rings is 1. The molecule has 6 heteroatoms. The van der Waals surface area contributed by atoms with Crippen LogP contribution in [-0.4, -0.2) is 37.4 Å². The fourth-order valence-electron chi connectivity index (χ4n) is 1.63. The van der Waals surface area contributed by atoms with E-state index < -0.39 is 0 Å². The Labute approximate surface area is 132 Å². The second-order valence-corrected chi connectivity index (χ2v) is 6.16. The fourth-order valence-corrected chi connectivity index (χ4v) is 2.68. The summed E-state index contributed by atoms with van der Waals surface area (Å²) in [5, 5.41) is 3.29. The molecule has 4 nitrogen and oxygen atoms in total. The fraction of sp³-hybridized carbons (Fsp3) is 0.200. The van der Waals surface area contributed by atoms with Gasteiger partial charge in [0.1, 0.15) is 0 Å². The van der Waals surface area contributed by atoms with Crippen LogP contribution in [0.1, 0.15) is 9.67 Å². The topological polar surface area (TPSA) is 49.4 Å². The third-order valence-electron chi connectivity index (χ3n) is 2.86. The van der Waals surface area contributed by atoms with Gasteiger partial charge in [-0.1, -0.05) is 23.7 Å². The summed E-state index contributed by atoms with van der Waals surface area (Å²) in [5.41, 5.74) is 1.01. The summed E-state index contributed by atoms with van der Waals surface area (Å²) in [6.07, 6.45) is 0. The number of rotatable bonds is 4.